The van der Waals surface area contributed by atoms with E-state index in [-0.39, 0.29) is 0 Å². The molecule has 1 saturated carbocycles. The molecule has 2 unspecified atom stereocenters. The Labute approximate surface area is 140 Å². The minimum absolute atomic E-state index is 0.460. The molecule has 1 fully saturated rings. The lowest BCUT2D eigenvalue weighted by Crippen LogP contribution is -2.42. The Kier molecular flexibility index (Phi) is 4.21. The SMILES string of the molecule is CC1CCCC(N)(c2noc(-c3cc(Br)ccc3Br)n2)C1. The van der Waals surface area contributed by atoms with Gasteiger partial charge in [-0.05, 0) is 52.9 Å². The zero-order valence-electron chi connectivity index (χ0n) is 11.8. The predicted octanol–water partition coefficient (Wildman–Crippen LogP) is 4.63. The highest BCUT2D eigenvalue weighted by Gasteiger charge is 2.37. The largest absolute Gasteiger partial charge is 0.334 e. The van der Waals surface area contributed by atoms with E-state index in [1.165, 1.54) is 6.42 Å². The van der Waals surface area contributed by atoms with Crippen LogP contribution < -0.4 is 5.73 Å². The van der Waals surface area contributed by atoms with Gasteiger partial charge in [-0.3, -0.25) is 0 Å². The molecule has 2 atom stereocenters. The third-order valence-electron chi connectivity index (χ3n) is 4.06. The summed E-state index contributed by atoms with van der Waals surface area (Å²) in [6, 6.07) is 5.86. The van der Waals surface area contributed by atoms with Crippen LogP contribution in [-0.4, -0.2) is 10.1 Å². The molecule has 0 amide bonds. The van der Waals surface area contributed by atoms with E-state index >= 15 is 0 Å². The highest BCUT2D eigenvalue weighted by molar-refractivity contribution is 9.11. The topological polar surface area (TPSA) is 64.9 Å². The van der Waals surface area contributed by atoms with Gasteiger partial charge in [-0.1, -0.05) is 40.9 Å². The quantitative estimate of drug-likeness (QED) is 0.778. The minimum atomic E-state index is -0.460. The van der Waals surface area contributed by atoms with Gasteiger partial charge in [-0.2, -0.15) is 4.98 Å². The van der Waals surface area contributed by atoms with Gasteiger partial charge in [0.2, 0.25) is 0 Å². The van der Waals surface area contributed by atoms with Crippen LogP contribution in [0.25, 0.3) is 11.5 Å². The first-order chi connectivity index (χ1) is 9.98. The van der Waals surface area contributed by atoms with Crippen LogP contribution in [0.4, 0.5) is 0 Å². The Morgan fingerprint density at radius 2 is 2.19 bits per heavy atom. The lowest BCUT2D eigenvalue weighted by Gasteiger charge is -2.33. The Bertz CT molecular complexity index is 658. The van der Waals surface area contributed by atoms with E-state index < -0.39 is 5.54 Å². The van der Waals surface area contributed by atoms with Crippen molar-refractivity contribution in [1.29, 1.82) is 0 Å². The van der Waals surface area contributed by atoms with Crippen molar-refractivity contribution in [3.8, 4) is 11.5 Å². The Balaban J connectivity index is 1.94. The van der Waals surface area contributed by atoms with Gasteiger partial charge in [0.15, 0.2) is 5.82 Å². The lowest BCUT2D eigenvalue weighted by atomic mass is 9.76. The molecule has 6 heteroatoms. The third-order valence-corrected chi connectivity index (χ3v) is 5.25. The van der Waals surface area contributed by atoms with E-state index in [1.54, 1.807) is 0 Å². The first kappa shape index (κ1) is 15.2. The Morgan fingerprint density at radius 3 is 2.95 bits per heavy atom. The van der Waals surface area contributed by atoms with Gasteiger partial charge in [-0.15, -0.1) is 0 Å². The summed E-state index contributed by atoms with van der Waals surface area (Å²) in [7, 11) is 0. The number of hydrogen-bond donors (Lipinski definition) is 1. The summed E-state index contributed by atoms with van der Waals surface area (Å²) in [5.41, 5.74) is 6.93. The number of hydrogen-bond acceptors (Lipinski definition) is 4. The zero-order valence-corrected chi connectivity index (χ0v) is 14.9. The molecule has 0 radical (unpaired) electrons. The molecule has 1 aliphatic rings. The lowest BCUT2D eigenvalue weighted by molar-refractivity contribution is 0.222. The van der Waals surface area contributed by atoms with Gasteiger partial charge in [0.25, 0.3) is 5.89 Å². The zero-order chi connectivity index (χ0) is 15.0. The van der Waals surface area contributed by atoms with Gasteiger partial charge < -0.3 is 10.3 Å². The maximum absolute atomic E-state index is 6.52. The predicted molar refractivity (Wildman–Crippen MR) is 88.6 cm³/mol. The van der Waals surface area contributed by atoms with Crippen molar-refractivity contribution < 1.29 is 4.52 Å². The Morgan fingerprint density at radius 1 is 1.38 bits per heavy atom. The van der Waals surface area contributed by atoms with Crippen molar-refractivity contribution >= 4 is 31.9 Å². The maximum atomic E-state index is 6.52. The highest BCUT2D eigenvalue weighted by Crippen LogP contribution is 2.38. The fraction of sp³-hybridized carbons (Fsp3) is 0.467. The second kappa shape index (κ2) is 5.82. The molecule has 21 heavy (non-hydrogen) atoms. The summed E-state index contributed by atoms with van der Waals surface area (Å²) in [6.07, 6.45) is 4.16. The average Bonchev–Trinajstić information content (AvgIpc) is 2.91. The molecule has 1 heterocycles. The molecular formula is C15H17Br2N3O. The van der Waals surface area contributed by atoms with Crippen LogP contribution >= 0.6 is 31.9 Å². The molecule has 1 aromatic carbocycles. The van der Waals surface area contributed by atoms with Gasteiger partial charge in [-0.25, -0.2) is 0 Å². The number of rotatable bonds is 2. The van der Waals surface area contributed by atoms with Crippen molar-refractivity contribution in [2.24, 2.45) is 11.7 Å². The highest BCUT2D eigenvalue weighted by atomic mass is 79.9. The molecule has 112 valence electrons. The molecule has 3 rings (SSSR count). The fourth-order valence-corrected chi connectivity index (χ4v) is 3.77. The van der Waals surface area contributed by atoms with Crippen LogP contribution in [0.15, 0.2) is 31.7 Å². The summed E-state index contributed by atoms with van der Waals surface area (Å²) in [5, 5.41) is 4.15. The van der Waals surface area contributed by atoms with Crippen molar-refractivity contribution in [1.82, 2.24) is 10.1 Å². The van der Waals surface area contributed by atoms with E-state index in [0.717, 1.165) is 33.8 Å². The van der Waals surface area contributed by atoms with Gasteiger partial charge in [0, 0.05) is 8.95 Å². The second-order valence-electron chi connectivity index (χ2n) is 5.90. The van der Waals surface area contributed by atoms with Crippen LogP contribution in [0.2, 0.25) is 0 Å². The van der Waals surface area contributed by atoms with Crippen molar-refractivity contribution in [3.05, 3.63) is 33.0 Å². The number of nitrogens with two attached hydrogens (primary N) is 1. The molecular weight excluding hydrogens is 398 g/mol. The van der Waals surface area contributed by atoms with Gasteiger partial charge in [0.1, 0.15) is 0 Å². The summed E-state index contributed by atoms with van der Waals surface area (Å²) in [4.78, 5) is 4.56. The molecule has 4 nitrogen and oxygen atoms in total. The van der Waals surface area contributed by atoms with Crippen molar-refractivity contribution in [2.45, 2.75) is 38.1 Å². The summed E-state index contributed by atoms with van der Waals surface area (Å²) < 4.78 is 7.34. The van der Waals surface area contributed by atoms with Gasteiger partial charge in [0.05, 0.1) is 11.1 Å². The van der Waals surface area contributed by atoms with Crippen LogP contribution in [0.3, 0.4) is 0 Å². The van der Waals surface area contributed by atoms with E-state index in [1.807, 2.05) is 18.2 Å². The molecule has 1 aliphatic carbocycles. The standard InChI is InChI=1S/C15H17Br2N3O/c1-9-3-2-6-15(18,8-9)14-19-13(21-20-14)11-7-10(16)4-5-12(11)17/h4-5,7,9H,2-3,6,8,18H2,1H3. The van der Waals surface area contributed by atoms with Crippen molar-refractivity contribution in [2.75, 3.05) is 0 Å². The maximum Gasteiger partial charge on any atom is 0.259 e. The number of benzene rings is 1. The van der Waals surface area contributed by atoms with E-state index in [0.29, 0.717) is 17.6 Å². The first-order valence-electron chi connectivity index (χ1n) is 7.06. The second-order valence-corrected chi connectivity index (χ2v) is 7.67. The van der Waals surface area contributed by atoms with Crippen LogP contribution in [0, 0.1) is 5.92 Å². The van der Waals surface area contributed by atoms with E-state index in [4.69, 9.17) is 10.3 Å². The molecule has 0 saturated heterocycles. The monoisotopic (exact) mass is 413 g/mol. The Hall–Kier alpha value is -0.720. The minimum Gasteiger partial charge on any atom is -0.334 e. The van der Waals surface area contributed by atoms with Gasteiger partial charge >= 0.3 is 0 Å². The van der Waals surface area contributed by atoms with E-state index in [9.17, 15) is 0 Å². The molecule has 2 N–H and O–H groups in total. The smallest absolute Gasteiger partial charge is 0.259 e. The summed E-state index contributed by atoms with van der Waals surface area (Å²) in [5.74, 6) is 1.72. The molecule has 2 aromatic rings. The first-order valence-corrected chi connectivity index (χ1v) is 8.65. The number of nitrogens with zero attached hydrogens (tertiary/aromatic N) is 2. The fourth-order valence-electron chi connectivity index (χ4n) is 2.99. The average molecular weight is 415 g/mol. The summed E-state index contributed by atoms with van der Waals surface area (Å²) >= 11 is 6.98. The normalized spacial score (nSPS) is 26.0. The van der Waals surface area contributed by atoms with Crippen LogP contribution in [-0.2, 0) is 5.54 Å². The number of halogens is 2. The third kappa shape index (κ3) is 3.07. The molecule has 0 aliphatic heterocycles. The van der Waals surface area contributed by atoms with Crippen LogP contribution in [0.1, 0.15) is 38.4 Å². The molecule has 0 spiro atoms. The van der Waals surface area contributed by atoms with Crippen molar-refractivity contribution in [3.63, 3.8) is 0 Å². The molecule has 1 aromatic heterocycles. The summed E-state index contributed by atoms with van der Waals surface area (Å²) in [6.45, 7) is 2.23. The van der Waals surface area contributed by atoms with E-state index in [2.05, 4.69) is 48.9 Å². The number of aromatic nitrogens is 2. The van der Waals surface area contributed by atoms with Crippen LogP contribution in [0.5, 0.6) is 0 Å². The molecule has 0 bridgehead atoms.